The molecule has 0 unspecified atom stereocenters. The molecule has 2 aromatic rings. The molecule has 7 heteroatoms. The van der Waals surface area contributed by atoms with Gasteiger partial charge in [0, 0.05) is 36.9 Å². The van der Waals surface area contributed by atoms with E-state index in [1.54, 1.807) is 24.5 Å². The van der Waals surface area contributed by atoms with Crippen molar-refractivity contribution in [1.82, 2.24) is 25.2 Å². The Balaban J connectivity index is 1.60. The SMILES string of the molecule is CNC(=O)c1cc(C[C@@H]2CCCN(Cc3cncs3)C2)ncn1. The smallest absolute Gasteiger partial charge is 0.269 e. The van der Waals surface area contributed by atoms with Crippen molar-refractivity contribution in [2.45, 2.75) is 25.8 Å². The number of nitrogens with zero attached hydrogens (tertiary/aromatic N) is 4. The molecular formula is C16H21N5OS. The van der Waals surface area contributed by atoms with Crippen molar-refractivity contribution < 1.29 is 4.79 Å². The summed E-state index contributed by atoms with van der Waals surface area (Å²) in [5, 5.41) is 2.60. The van der Waals surface area contributed by atoms with E-state index in [9.17, 15) is 4.79 Å². The molecule has 0 saturated carbocycles. The average Bonchev–Trinajstić information content (AvgIpc) is 3.07. The highest BCUT2D eigenvalue weighted by molar-refractivity contribution is 7.09. The van der Waals surface area contributed by atoms with Crippen LogP contribution in [0.2, 0.25) is 0 Å². The van der Waals surface area contributed by atoms with E-state index < -0.39 is 0 Å². The van der Waals surface area contributed by atoms with Crippen LogP contribution in [-0.4, -0.2) is 45.9 Å². The molecule has 3 heterocycles. The van der Waals surface area contributed by atoms with Crippen molar-refractivity contribution in [3.05, 3.63) is 40.4 Å². The van der Waals surface area contributed by atoms with E-state index in [1.807, 2.05) is 11.7 Å². The largest absolute Gasteiger partial charge is 0.354 e. The van der Waals surface area contributed by atoms with Crippen LogP contribution >= 0.6 is 11.3 Å². The summed E-state index contributed by atoms with van der Waals surface area (Å²) in [6.07, 6.45) is 6.74. The lowest BCUT2D eigenvalue weighted by atomic mass is 9.93. The Morgan fingerprint density at radius 1 is 1.48 bits per heavy atom. The van der Waals surface area contributed by atoms with Gasteiger partial charge in [-0.05, 0) is 37.8 Å². The Bertz CT molecular complexity index is 646. The monoisotopic (exact) mass is 331 g/mol. The highest BCUT2D eigenvalue weighted by Gasteiger charge is 2.21. The van der Waals surface area contributed by atoms with Crippen LogP contribution in [0, 0.1) is 5.92 Å². The average molecular weight is 331 g/mol. The number of piperidine rings is 1. The van der Waals surface area contributed by atoms with E-state index in [4.69, 9.17) is 0 Å². The van der Waals surface area contributed by atoms with E-state index in [0.717, 1.165) is 31.7 Å². The fourth-order valence-corrected chi connectivity index (χ4v) is 3.70. The van der Waals surface area contributed by atoms with Gasteiger partial charge in [0.2, 0.25) is 0 Å². The first kappa shape index (κ1) is 16.0. The summed E-state index contributed by atoms with van der Waals surface area (Å²) in [4.78, 5) is 28.0. The van der Waals surface area contributed by atoms with Crippen LogP contribution in [-0.2, 0) is 13.0 Å². The topological polar surface area (TPSA) is 71.0 Å². The van der Waals surface area contributed by atoms with E-state index in [1.165, 1.54) is 24.0 Å². The molecule has 2 aromatic heterocycles. The van der Waals surface area contributed by atoms with E-state index >= 15 is 0 Å². The van der Waals surface area contributed by atoms with Gasteiger partial charge >= 0.3 is 0 Å². The van der Waals surface area contributed by atoms with Crippen LogP contribution in [0.25, 0.3) is 0 Å². The van der Waals surface area contributed by atoms with Gasteiger partial charge in [0.1, 0.15) is 12.0 Å². The van der Waals surface area contributed by atoms with Crippen LogP contribution in [0.5, 0.6) is 0 Å². The predicted molar refractivity (Wildman–Crippen MR) is 89.2 cm³/mol. The summed E-state index contributed by atoms with van der Waals surface area (Å²) in [6.45, 7) is 3.19. The number of aromatic nitrogens is 3. The Labute approximate surface area is 140 Å². The highest BCUT2D eigenvalue weighted by atomic mass is 32.1. The van der Waals surface area contributed by atoms with Crippen molar-refractivity contribution in [2.75, 3.05) is 20.1 Å². The molecule has 0 aromatic carbocycles. The second-order valence-corrected chi connectivity index (χ2v) is 6.86. The number of nitrogens with one attached hydrogen (secondary N) is 1. The molecule has 0 radical (unpaired) electrons. The molecule has 1 fully saturated rings. The maximum atomic E-state index is 11.7. The quantitative estimate of drug-likeness (QED) is 0.904. The molecule has 3 rings (SSSR count). The summed E-state index contributed by atoms with van der Waals surface area (Å²) in [7, 11) is 1.61. The maximum absolute atomic E-state index is 11.7. The standard InChI is InChI=1S/C16H21N5OS/c1-17-16(22)15-6-13(19-10-20-15)5-12-3-2-4-21(8-12)9-14-7-18-11-23-14/h6-7,10-12H,2-5,8-9H2,1H3,(H,17,22)/t12-/m0/s1. The number of likely N-dealkylation sites (tertiary alicyclic amines) is 1. The molecule has 122 valence electrons. The Morgan fingerprint density at radius 2 is 2.39 bits per heavy atom. The van der Waals surface area contributed by atoms with Crippen molar-refractivity contribution in [1.29, 1.82) is 0 Å². The molecule has 1 amide bonds. The zero-order valence-electron chi connectivity index (χ0n) is 13.2. The number of hydrogen-bond donors (Lipinski definition) is 1. The number of hydrogen-bond acceptors (Lipinski definition) is 6. The minimum absolute atomic E-state index is 0.163. The van der Waals surface area contributed by atoms with Crippen LogP contribution < -0.4 is 5.32 Å². The third-order valence-electron chi connectivity index (χ3n) is 4.15. The van der Waals surface area contributed by atoms with Gasteiger partial charge in [0.05, 0.1) is 5.51 Å². The Morgan fingerprint density at radius 3 is 3.17 bits per heavy atom. The zero-order valence-corrected chi connectivity index (χ0v) is 14.1. The lowest BCUT2D eigenvalue weighted by Crippen LogP contribution is -2.35. The molecule has 0 bridgehead atoms. The molecule has 1 saturated heterocycles. The third-order valence-corrected chi connectivity index (χ3v) is 4.91. The maximum Gasteiger partial charge on any atom is 0.269 e. The van der Waals surface area contributed by atoms with Gasteiger partial charge in [-0.2, -0.15) is 0 Å². The summed E-state index contributed by atoms with van der Waals surface area (Å²) >= 11 is 1.71. The Hall–Kier alpha value is -1.86. The van der Waals surface area contributed by atoms with Gasteiger partial charge < -0.3 is 5.32 Å². The number of amides is 1. The second-order valence-electron chi connectivity index (χ2n) is 5.89. The van der Waals surface area contributed by atoms with Crippen LogP contribution in [0.1, 0.15) is 33.9 Å². The minimum atomic E-state index is -0.163. The molecule has 1 N–H and O–H groups in total. The number of thiazole rings is 1. The second kappa shape index (κ2) is 7.61. The van der Waals surface area contributed by atoms with Gasteiger partial charge in [0.15, 0.2) is 0 Å². The normalized spacial score (nSPS) is 18.7. The molecule has 1 atom stereocenters. The summed E-state index contributed by atoms with van der Waals surface area (Å²) < 4.78 is 0. The molecule has 1 aliphatic rings. The lowest BCUT2D eigenvalue weighted by molar-refractivity contribution is 0.0957. The first-order valence-corrected chi connectivity index (χ1v) is 8.75. The van der Waals surface area contributed by atoms with Gasteiger partial charge in [-0.15, -0.1) is 11.3 Å². The van der Waals surface area contributed by atoms with Crippen molar-refractivity contribution in [3.8, 4) is 0 Å². The van der Waals surface area contributed by atoms with Gasteiger partial charge in [-0.1, -0.05) is 0 Å². The van der Waals surface area contributed by atoms with Gasteiger partial charge in [-0.3, -0.25) is 14.7 Å². The first-order chi connectivity index (χ1) is 11.2. The minimum Gasteiger partial charge on any atom is -0.354 e. The van der Waals surface area contributed by atoms with E-state index in [-0.39, 0.29) is 5.91 Å². The van der Waals surface area contributed by atoms with Crippen LogP contribution in [0.15, 0.2) is 24.1 Å². The molecule has 6 nitrogen and oxygen atoms in total. The first-order valence-electron chi connectivity index (χ1n) is 7.87. The molecule has 23 heavy (non-hydrogen) atoms. The van der Waals surface area contributed by atoms with Crippen LogP contribution in [0.4, 0.5) is 0 Å². The summed E-state index contributed by atoms with van der Waals surface area (Å²) in [5.41, 5.74) is 3.27. The van der Waals surface area contributed by atoms with E-state index in [0.29, 0.717) is 11.6 Å². The van der Waals surface area contributed by atoms with Gasteiger partial charge in [0.25, 0.3) is 5.91 Å². The lowest BCUT2D eigenvalue weighted by Gasteiger charge is -2.32. The molecule has 0 spiro atoms. The van der Waals surface area contributed by atoms with Crippen LogP contribution in [0.3, 0.4) is 0 Å². The fraction of sp³-hybridized carbons (Fsp3) is 0.500. The molecule has 1 aliphatic heterocycles. The van der Waals surface area contributed by atoms with Crippen molar-refractivity contribution in [3.63, 3.8) is 0 Å². The van der Waals surface area contributed by atoms with E-state index in [2.05, 4.69) is 25.2 Å². The Kier molecular flexibility index (Phi) is 5.30. The number of carbonyl (C=O) groups excluding carboxylic acids is 1. The van der Waals surface area contributed by atoms with Gasteiger partial charge in [-0.25, -0.2) is 9.97 Å². The fourth-order valence-electron chi connectivity index (χ4n) is 3.06. The number of rotatable bonds is 5. The molecular weight excluding hydrogens is 310 g/mol. The third kappa shape index (κ3) is 4.33. The number of carbonyl (C=O) groups is 1. The summed E-state index contributed by atoms with van der Waals surface area (Å²) in [6, 6.07) is 1.81. The summed E-state index contributed by atoms with van der Waals surface area (Å²) in [5.74, 6) is 0.410. The predicted octanol–water partition coefficient (Wildman–Crippen LogP) is 1.75. The highest BCUT2D eigenvalue weighted by Crippen LogP contribution is 2.22. The zero-order chi connectivity index (χ0) is 16.1. The van der Waals surface area contributed by atoms with Crippen molar-refractivity contribution in [2.24, 2.45) is 5.92 Å². The molecule has 0 aliphatic carbocycles. The van der Waals surface area contributed by atoms with Crippen molar-refractivity contribution >= 4 is 17.2 Å².